The van der Waals surface area contributed by atoms with Crippen LogP contribution in [0.1, 0.15) is 40.9 Å². The number of benzene rings is 2. The molecule has 0 aromatic heterocycles. The van der Waals surface area contributed by atoms with E-state index in [0.29, 0.717) is 10.6 Å². The summed E-state index contributed by atoms with van der Waals surface area (Å²) in [7, 11) is 1.49. The molecular formula is C18H19ClN2O2. The zero-order valence-electron chi connectivity index (χ0n) is 13.1. The molecule has 1 atom stereocenters. The minimum atomic E-state index is -0.109. The molecule has 4 nitrogen and oxygen atoms in total. The monoisotopic (exact) mass is 330 g/mol. The third kappa shape index (κ3) is 4.83. The maximum Gasteiger partial charge on any atom is 0.251 e. The fourth-order valence-corrected chi connectivity index (χ4v) is 2.32. The van der Waals surface area contributed by atoms with Gasteiger partial charge in [-0.3, -0.25) is 4.79 Å². The van der Waals surface area contributed by atoms with Gasteiger partial charge in [0.1, 0.15) is 7.11 Å². The fourth-order valence-electron chi connectivity index (χ4n) is 2.19. The molecule has 1 amide bonds. The van der Waals surface area contributed by atoms with Crippen LogP contribution < -0.4 is 5.32 Å². The van der Waals surface area contributed by atoms with E-state index in [9.17, 15) is 4.79 Å². The van der Waals surface area contributed by atoms with Gasteiger partial charge in [-0.15, -0.1) is 0 Å². The summed E-state index contributed by atoms with van der Waals surface area (Å²) < 4.78 is 0. The van der Waals surface area contributed by atoms with Gasteiger partial charge in [-0.2, -0.15) is 0 Å². The number of nitrogens with one attached hydrogen (secondary N) is 1. The summed E-state index contributed by atoms with van der Waals surface area (Å²) in [6, 6.07) is 14.6. The zero-order chi connectivity index (χ0) is 16.7. The molecule has 0 radical (unpaired) electrons. The van der Waals surface area contributed by atoms with E-state index in [1.165, 1.54) is 7.11 Å². The second-order valence-electron chi connectivity index (χ2n) is 5.02. The lowest BCUT2D eigenvalue weighted by molar-refractivity contribution is 0.0935. The van der Waals surface area contributed by atoms with Gasteiger partial charge in [0.15, 0.2) is 0 Å². The predicted octanol–water partition coefficient (Wildman–Crippen LogP) is 4.20. The maximum absolute atomic E-state index is 12.4. The van der Waals surface area contributed by atoms with Crippen molar-refractivity contribution in [1.82, 2.24) is 5.32 Å². The average molecular weight is 331 g/mol. The van der Waals surface area contributed by atoms with Crippen molar-refractivity contribution in [3.63, 3.8) is 0 Å². The Kier molecular flexibility index (Phi) is 6.18. The molecule has 0 saturated heterocycles. The standard InChI is InChI=1S/C18H19ClN2O2/c1-3-17(14-8-10-16(19)11-9-14)21-18(22)15-6-4-13(5-7-15)12-20-23-2/h4-12,17H,3H2,1-2H3,(H,21,22)/b20-12+. The number of hydrogen-bond donors (Lipinski definition) is 1. The third-order valence-corrected chi connectivity index (χ3v) is 3.72. The molecule has 0 aliphatic heterocycles. The molecule has 23 heavy (non-hydrogen) atoms. The van der Waals surface area contributed by atoms with E-state index in [1.54, 1.807) is 18.3 Å². The van der Waals surface area contributed by atoms with E-state index >= 15 is 0 Å². The number of oxime groups is 1. The lowest BCUT2D eigenvalue weighted by Crippen LogP contribution is -2.28. The largest absolute Gasteiger partial charge is 0.399 e. The van der Waals surface area contributed by atoms with Crippen LogP contribution in [0.3, 0.4) is 0 Å². The van der Waals surface area contributed by atoms with E-state index in [0.717, 1.165) is 17.5 Å². The van der Waals surface area contributed by atoms with E-state index < -0.39 is 0 Å². The highest BCUT2D eigenvalue weighted by Crippen LogP contribution is 2.19. The number of carbonyl (C=O) groups excluding carboxylic acids is 1. The molecule has 0 heterocycles. The van der Waals surface area contributed by atoms with Gasteiger partial charge in [-0.1, -0.05) is 47.9 Å². The lowest BCUT2D eigenvalue weighted by Gasteiger charge is -2.17. The van der Waals surface area contributed by atoms with Crippen LogP contribution in [0.25, 0.3) is 0 Å². The van der Waals surface area contributed by atoms with Crippen LogP contribution in [0, 0.1) is 0 Å². The lowest BCUT2D eigenvalue weighted by atomic mass is 10.0. The number of nitrogens with zero attached hydrogens (tertiary/aromatic N) is 1. The normalized spacial score (nSPS) is 12.1. The SMILES string of the molecule is CCC(NC(=O)c1ccc(/C=N/OC)cc1)c1ccc(Cl)cc1. The number of rotatable bonds is 6. The van der Waals surface area contributed by atoms with Crippen LogP contribution in [0.4, 0.5) is 0 Å². The Bertz CT molecular complexity index is 666. The smallest absolute Gasteiger partial charge is 0.251 e. The molecule has 0 aliphatic rings. The molecule has 1 unspecified atom stereocenters. The third-order valence-electron chi connectivity index (χ3n) is 3.47. The first-order valence-electron chi connectivity index (χ1n) is 7.37. The van der Waals surface area contributed by atoms with Gasteiger partial charge in [0.05, 0.1) is 12.3 Å². The molecule has 2 aromatic carbocycles. The Balaban J connectivity index is 2.07. The van der Waals surface area contributed by atoms with Crippen molar-refractivity contribution in [3.8, 4) is 0 Å². The number of carbonyl (C=O) groups is 1. The second kappa shape index (κ2) is 8.34. The molecule has 0 fully saturated rings. The molecular weight excluding hydrogens is 312 g/mol. The predicted molar refractivity (Wildman–Crippen MR) is 93.0 cm³/mol. The molecule has 1 N–H and O–H groups in total. The second-order valence-corrected chi connectivity index (χ2v) is 5.46. The molecule has 5 heteroatoms. The summed E-state index contributed by atoms with van der Waals surface area (Å²) >= 11 is 5.91. The summed E-state index contributed by atoms with van der Waals surface area (Å²) in [6.45, 7) is 2.03. The zero-order valence-corrected chi connectivity index (χ0v) is 13.9. The highest BCUT2D eigenvalue weighted by molar-refractivity contribution is 6.30. The van der Waals surface area contributed by atoms with Crippen molar-refractivity contribution in [3.05, 3.63) is 70.2 Å². The average Bonchev–Trinajstić information content (AvgIpc) is 2.59. The highest BCUT2D eigenvalue weighted by Gasteiger charge is 2.14. The molecule has 2 aromatic rings. The van der Waals surface area contributed by atoms with Crippen LogP contribution in [0.15, 0.2) is 53.7 Å². The van der Waals surface area contributed by atoms with Crippen LogP contribution in [-0.2, 0) is 4.84 Å². The Morgan fingerprint density at radius 1 is 1.22 bits per heavy atom. The Hall–Kier alpha value is -2.33. The number of halogens is 1. The van der Waals surface area contributed by atoms with E-state index in [1.807, 2.05) is 43.3 Å². The van der Waals surface area contributed by atoms with Crippen molar-refractivity contribution < 1.29 is 9.63 Å². The first kappa shape index (κ1) is 17.0. The topological polar surface area (TPSA) is 50.7 Å². The Morgan fingerprint density at radius 3 is 2.43 bits per heavy atom. The van der Waals surface area contributed by atoms with Crippen molar-refractivity contribution >= 4 is 23.7 Å². The van der Waals surface area contributed by atoms with Crippen molar-refractivity contribution in [2.24, 2.45) is 5.16 Å². The van der Waals surface area contributed by atoms with Crippen molar-refractivity contribution in [1.29, 1.82) is 0 Å². The van der Waals surface area contributed by atoms with Gasteiger partial charge in [-0.25, -0.2) is 0 Å². The van der Waals surface area contributed by atoms with Gasteiger partial charge in [0, 0.05) is 10.6 Å². The first-order valence-corrected chi connectivity index (χ1v) is 7.74. The minimum absolute atomic E-state index is 0.0468. The molecule has 120 valence electrons. The van der Waals surface area contributed by atoms with E-state index in [2.05, 4.69) is 15.3 Å². The van der Waals surface area contributed by atoms with Crippen LogP contribution in [-0.4, -0.2) is 19.2 Å². The highest BCUT2D eigenvalue weighted by atomic mass is 35.5. The summed E-state index contributed by atoms with van der Waals surface area (Å²) in [5.41, 5.74) is 2.51. The summed E-state index contributed by atoms with van der Waals surface area (Å²) in [4.78, 5) is 17.0. The minimum Gasteiger partial charge on any atom is -0.399 e. The molecule has 2 rings (SSSR count). The van der Waals surface area contributed by atoms with Gasteiger partial charge < -0.3 is 10.2 Å². The van der Waals surface area contributed by atoms with E-state index in [4.69, 9.17) is 11.6 Å². The summed E-state index contributed by atoms with van der Waals surface area (Å²) in [6.07, 6.45) is 2.39. The van der Waals surface area contributed by atoms with Crippen molar-refractivity contribution in [2.45, 2.75) is 19.4 Å². The number of hydrogen-bond acceptors (Lipinski definition) is 3. The number of amides is 1. The Morgan fingerprint density at radius 2 is 1.87 bits per heavy atom. The molecule has 0 saturated carbocycles. The fraction of sp³-hybridized carbons (Fsp3) is 0.222. The van der Waals surface area contributed by atoms with Crippen LogP contribution in [0.5, 0.6) is 0 Å². The molecule has 0 spiro atoms. The molecule has 0 aliphatic carbocycles. The summed E-state index contributed by atoms with van der Waals surface area (Å²) in [5.74, 6) is -0.109. The summed E-state index contributed by atoms with van der Waals surface area (Å²) in [5, 5.41) is 7.41. The van der Waals surface area contributed by atoms with Crippen LogP contribution >= 0.6 is 11.6 Å². The Labute approximate surface area is 141 Å². The first-order chi connectivity index (χ1) is 11.1. The van der Waals surface area contributed by atoms with Crippen LogP contribution in [0.2, 0.25) is 5.02 Å². The quantitative estimate of drug-likeness (QED) is 0.637. The maximum atomic E-state index is 12.4. The molecule has 0 bridgehead atoms. The van der Waals surface area contributed by atoms with Gasteiger partial charge in [0.25, 0.3) is 5.91 Å². The van der Waals surface area contributed by atoms with Gasteiger partial charge >= 0.3 is 0 Å². The van der Waals surface area contributed by atoms with Gasteiger partial charge in [0.2, 0.25) is 0 Å². The van der Waals surface area contributed by atoms with Crippen molar-refractivity contribution in [2.75, 3.05) is 7.11 Å². The van der Waals surface area contributed by atoms with Gasteiger partial charge in [-0.05, 0) is 41.8 Å². The van der Waals surface area contributed by atoms with E-state index in [-0.39, 0.29) is 11.9 Å².